The van der Waals surface area contributed by atoms with Gasteiger partial charge in [-0.2, -0.15) is 13.2 Å². The number of hydrogen-bond acceptors (Lipinski definition) is 3. The molecule has 0 amide bonds. The maximum atomic E-state index is 12.2. The lowest BCUT2D eigenvalue weighted by Crippen LogP contribution is -2.12. The van der Waals surface area contributed by atoms with E-state index in [4.69, 9.17) is 0 Å². The summed E-state index contributed by atoms with van der Waals surface area (Å²) in [5.74, 6) is 2.87. The molecule has 0 atom stereocenters. The molecule has 2 aromatic carbocycles. The van der Waals surface area contributed by atoms with E-state index >= 15 is 0 Å². The lowest BCUT2D eigenvalue weighted by atomic mass is 10.2. The normalized spacial score (nSPS) is 15.5. The highest BCUT2D eigenvalue weighted by molar-refractivity contribution is 7.97. The summed E-state index contributed by atoms with van der Waals surface area (Å²) in [7, 11) is -4.48. The molecular formula is C17H17F3O3S2. The van der Waals surface area contributed by atoms with Crippen LogP contribution in [0.25, 0.3) is 0 Å². The number of halogens is 3. The zero-order chi connectivity index (χ0) is 18.5. The zero-order valence-corrected chi connectivity index (χ0v) is 14.8. The molecule has 1 aliphatic rings. The Morgan fingerprint density at radius 3 is 1.88 bits per heavy atom. The van der Waals surface area contributed by atoms with Crippen molar-refractivity contribution in [2.75, 3.05) is 11.5 Å². The Morgan fingerprint density at radius 2 is 1.40 bits per heavy atom. The molecule has 0 aromatic heterocycles. The molecule has 3 rings (SSSR count). The van der Waals surface area contributed by atoms with Gasteiger partial charge >= 0.3 is 6.18 Å². The maximum absolute atomic E-state index is 12.2. The molecule has 0 spiro atoms. The van der Waals surface area contributed by atoms with E-state index in [-0.39, 0.29) is 0 Å². The molecule has 0 aliphatic carbocycles. The lowest BCUT2D eigenvalue weighted by Gasteiger charge is -2.14. The first-order valence-corrected chi connectivity index (χ1v) is 10.5. The van der Waals surface area contributed by atoms with E-state index in [1.165, 1.54) is 24.3 Å². The van der Waals surface area contributed by atoms with Crippen LogP contribution in [0.2, 0.25) is 0 Å². The van der Waals surface area contributed by atoms with Crippen molar-refractivity contribution in [3.63, 3.8) is 0 Å². The van der Waals surface area contributed by atoms with E-state index in [1.54, 1.807) is 4.90 Å². The Kier molecular flexibility index (Phi) is 6.53. The summed E-state index contributed by atoms with van der Waals surface area (Å²) in [6.45, 7) is 0. The first-order chi connectivity index (χ1) is 11.7. The van der Waals surface area contributed by atoms with E-state index in [2.05, 4.69) is 30.3 Å². The fourth-order valence-electron chi connectivity index (χ4n) is 2.42. The lowest BCUT2D eigenvalue weighted by molar-refractivity contribution is -0.140. The molecule has 3 nitrogen and oxygen atoms in total. The van der Waals surface area contributed by atoms with E-state index in [1.807, 2.05) is 0 Å². The highest BCUT2D eigenvalue weighted by Crippen LogP contribution is 2.33. The summed E-state index contributed by atoms with van der Waals surface area (Å²) in [6.07, 6.45) is -1.95. The predicted octanol–water partition coefficient (Wildman–Crippen LogP) is 4.07. The van der Waals surface area contributed by atoms with Gasteiger partial charge in [-0.1, -0.05) is 30.3 Å². The smallest absolute Gasteiger partial charge is 0.417 e. The van der Waals surface area contributed by atoms with Gasteiger partial charge in [-0.15, -0.1) is 0 Å². The third-order valence-electron chi connectivity index (χ3n) is 3.57. The van der Waals surface area contributed by atoms with Gasteiger partial charge < -0.3 is 4.55 Å². The molecule has 8 heteroatoms. The Morgan fingerprint density at radius 1 is 0.880 bits per heavy atom. The van der Waals surface area contributed by atoms with Crippen molar-refractivity contribution in [3.8, 4) is 0 Å². The number of benzene rings is 2. The van der Waals surface area contributed by atoms with Crippen LogP contribution in [-0.4, -0.2) is 24.5 Å². The molecule has 0 bridgehead atoms. The van der Waals surface area contributed by atoms with Crippen molar-refractivity contribution in [3.05, 3.63) is 60.2 Å². The second kappa shape index (κ2) is 8.25. The molecule has 1 fully saturated rings. The van der Waals surface area contributed by atoms with Gasteiger partial charge in [0.05, 0.1) is 10.5 Å². The van der Waals surface area contributed by atoms with Gasteiger partial charge in [-0.3, -0.25) is 0 Å². The molecule has 2 aromatic rings. The van der Waals surface area contributed by atoms with Crippen molar-refractivity contribution in [2.24, 2.45) is 0 Å². The summed E-state index contributed by atoms with van der Waals surface area (Å²) in [5, 5.41) is 0. The van der Waals surface area contributed by atoms with Gasteiger partial charge in [0.15, 0.2) is 4.90 Å². The second-order valence-electron chi connectivity index (χ2n) is 5.37. The summed E-state index contributed by atoms with van der Waals surface area (Å²) >= 11 is 0. The van der Waals surface area contributed by atoms with Gasteiger partial charge in [0, 0.05) is 10.9 Å². The largest absolute Gasteiger partial charge is 0.744 e. The summed E-state index contributed by atoms with van der Waals surface area (Å²) in [6, 6.07) is 14.2. The third-order valence-corrected chi connectivity index (χ3v) is 6.97. The molecule has 1 saturated heterocycles. The van der Waals surface area contributed by atoms with Crippen molar-refractivity contribution < 1.29 is 26.1 Å². The molecule has 0 radical (unpaired) electrons. The van der Waals surface area contributed by atoms with Gasteiger partial charge in [0.1, 0.15) is 21.6 Å². The van der Waals surface area contributed by atoms with Crippen LogP contribution < -0.4 is 0 Å². The molecular weight excluding hydrogens is 373 g/mol. The summed E-state index contributed by atoms with van der Waals surface area (Å²) in [5.41, 5.74) is -1.44. The van der Waals surface area contributed by atoms with Crippen molar-refractivity contribution in [1.82, 2.24) is 0 Å². The van der Waals surface area contributed by atoms with Crippen LogP contribution in [0.15, 0.2) is 64.4 Å². The minimum absolute atomic E-state index is 0.546. The minimum atomic E-state index is -5.09. The zero-order valence-electron chi connectivity index (χ0n) is 13.2. The SMILES string of the molecule is O=S(=O)([O-])c1ccccc1C(F)(F)F.c1ccc([S+]2CCCC2)cc1. The highest BCUT2D eigenvalue weighted by Gasteiger charge is 2.34. The summed E-state index contributed by atoms with van der Waals surface area (Å²) in [4.78, 5) is 0.331. The fraction of sp³-hybridized carbons (Fsp3) is 0.294. The predicted molar refractivity (Wildman–Crippen MR) is 90.4 cm³/mol. The van der Waals surface area contributed by atoms with Crippen LogP contribution in [0.3, 0.4) is 0 Å². The van der Waals surface area contributed by atoms with Crippen LogP contribution in [0.4, 0.5) is 13.2 Å². The first kappa shape index (κ1) is 19.8. The van der Waals surface area contributed by atoms with Crippen LogP contribution in [0.5, 0.6) is 0 Å². The van der Waals surface area contributed by atoms with Crippen LogP contribution in [0, 0.1) is 0 Å². The van der Waals surface area contributed by atoms with Gasteiger partial charge in [0.25, 0.3) is 0 Å². The Hall–Kier alpha value is -1.51. The molecule has 0 N–H and O–H groups in total. The van der Waals surface area contributed by atoms with E-state index < -0.39 is 26.8 Å². The van der Waals surface area contributed by atoms with Gasteiger partial charge in [-0.25, -0.2) is 8.42 Å². The van der Waals surface area contributed by atoms with Crippen LogP contribution in [0.1, 0.15) is 18.4 Å². The fourth-order valence-corrected chi connectivity index (χ4v) is 5.44. The molecule has 0 unspecified atom stereocenters. The van der Waals surface area contributed by atoms with Gasteiger partial charge in [0.2, 0.25) is 0 Å². The number of hydrogen-bond donors (Lipinski definition) is 0. The van der Waals surface area contributed by atoms with Crippen LogP contribution in [-0.2, 0) is 27.2 Å². The number of alkyl halides is 3. The molecule has 0 saturated carbocycles. The monoisotopic (exact) mass is 390 g/mol. The topological polar surface area (TPSA) is 57.2 Å². The van der Waals surface area contributed by atoms with Crippen molar-refractivity contribution in [1.29, 1.82) is 0 Å². The highest BCUT2D eigenvalue weighted by atomic mass is 32.2. The second-order valence-corrected chi connectivity index (χ2v) is 8.99. The average molecular weight is 390 g/mol. The van der Waals surface area contributed by atoms with E-state index in [0.29, 0.717) is 23.0 Å². The van der Waals surface area contributed by atoms with Crippen LogP contribution >= 0.6 is 0 Å². The average Bonchev–Trinajstić information content (AvgIpc) is 3.09. The Bertz CT molecular complexity index is 784. The Balaban J connectivity index is 0.000000185. The van der Waals surface area contributed by atoms with E-state index in [9.17, 15) is 26.1 Å². The molecule has 1 aliphatic heterocycles. The first-order valence-electron chi connectivity index (χ1n) is 7.54. The van der Waals surface area contributed by atoms with E-state index in [0.717, 1.165) is 12.1 Å². The Labute approximate surface area is 148 Å². The minimum Gasteiger partial charge on any atom is -0.744 e. The van der Waals surface area contributed by atoms with Crippen molar-refractivity contribution >= 4 is 21.0 Å². The third kappa shape index (κ3) is 5.76. The molecule has 25 heavy (non-hydrogen) atoms. The standard InChI is InChI=1S/C10H13S.C7H5F3O3S/c1-2-6-10(7-3-1)11-8-4-5-9-11;8-7(9,10)5-3-1-2-4-6(5)14(11,12)13/h1-3,6-7H,4-5,8-9H2;1-4H,(H,11,12,13)/q+1;/p-1. The number of rotatable bonds is 2. The summed E-state index contributed by atoms with van der Waals surface area (Å²) < 4.78 is 67.9. The van der Waals surface area contributed by atoms with Gasteiger partial charge in [-0.05, 0) is 37.1 Å². The quantitative estimate of drug-likeness (QED) is 0.574. The van der Waals surface area contributed by atoms with Crippen molar-refractivity contribution in [2.45, 2.75) is 28.8 Å². The molecule has 136 valence electrons. The maximum Gasteiger partial charge on any atom is 0.417 e. The molecule has 1 heterocycles.